The number of halogens is 1. The van der Waals surface area contributed by atoms with Crippen LogP contribution in [0.1, 0.15) is 24.9 Å². The number of fused-ring (bicyclic) bond motifs is 1. The van der Waals surface area contributed by atoms with Gasteiger partial charge in [-0.25, -0.2) is 0 Å². The summed E-state index contributed by atoms with van der Waals surface area (Å²) in [4.78, 5) is 37.1. The second kappa shape index (κ2) is 9.12. The molecule has 2 amide bonds. The van der Waals surface area contributed by atoms with E-state index in [1.807, 2.05) is 30.3 Å². The normalized spacial score (nSPS) is 16.5. The van der Waals surface area contributed by atoms with Gasteiger partial charge in [0, 0.05) is 9.92 Å². The molecule has 2 atom stereocenters. The van der Waals surface area contributed by atoms with E-state index in [9.17, 15) is 14.4 Å². The van der Waals surface area contributed by atoms with E-state index in [0.717, 1.165) is 16.1 Å². The number of nitrogens with one attached hydrogen (secondary N) is 2. The molecule has 8 heteroatoms. The number of benzene rings is 2. The molecule has 0 spiro atoms. The van der Waals surface area contributed by atoms with Crippen molar-refractivity contribution in [1.29, 1.82) is 0 Å². The van der Waals surface area contributed by atoms with Crippen molar-refractivity contribution >= 4 is 46.8 Å². The summed E-state index contributed by atoms with van der Waals surface area (Å²) in [7, 11) is 0. The Hall–Kier alpha value is -2.51. The molecule has 146 valence electrons. The quantitative estimate of drug-likeness (QED) is 0.700. The summed E-state index contributed by atoms with van der Waals surface area (Å²) in [6.07, 6.45) is -0.113. The highest BCUT2D eigenvalue weighted by Gasteiger charge is 2.29. The SMILES string of the molecule is C[C@@H](NC(=O)COC(=O)C[C@H]1Sc2ccccc2NC1=O)c1ccccc1Cl. The standard InChI is InChI=1S/C20H19ClN2O4S/c1-12(13-6-2-3-7-14(13)21)22-18(24)11-27-19(25)10-17-20(26)23-15-8-4-5-9-16(15)28-17/h2-9,12,17H,10-11H2,1H3,(H,22,24)(H,23,26)/t12-,17-/m1/s1. The van der Waals surface area contributed by atoms with Gasteiger partial charge in [0.05, 0.1) is 23.4 Å². The van der Waals surface area contributed by atoms with Gasteiger partial charge in [-0.1, -0.05) is 41.9 Å². The third-order valence-corrected chi connectivity index (χ3v) is 5.79. The number of para-hydroxylation sites is 1. The maximum Gasteiger partial charge on any atom is 0.307 e. The van der Waals surface area contributed by atoms with Crippen molar-refractivity contribution in [2.75, 3.05) is 11.9 Å². The van der Waals surface area contributed by atoms with Crippen molar-refractivity contribution < 1.29 is 19.1 Å². The first-order chi connectivity index (χ1) is 13.4. The van der Waals surface area contributed by atoms with E-state index < -0.39 is 23.7 Å². The van der Waals surface area contributed by atoms with Gasteiger partial charge >= 0.3 is 5.97 Å². The van der Waals surface area contributed by atoms with Crippen molar-refractivity contribution in [3.05, 3.63) is 59.1 Å². The van der Waals surface area contributed by atoms with Crippen LogP contribution in [0.15, 0.2) is 53.4 Å². The number of esters is 1. The first-order valence-electron chi connectivity index (χ1n) is 8.70. The Balaban J connectivity index is 1.47. The number of ether oxygens (including phenoxy) is 1. The van der Waals surface area contributed by atoms with E-state index in [0.29, 0.717) is 5.02 Å². The van der Waals surface area contributed by atoms with E-state index >= 15 is 0 Å². The Morgan fingerprint density at radius 2 is 1.93 bits per heavy atom. The fourth-order valence-corrected chi connectivity index (χ4v) is 4.17. The molecule has 2 aromatic rings. The molecule has 0 saturated heterocycles. The molecular weight excluding hydrogens is 400 g/mol. The molecule has 0 fully saturated rings. The number of amides is 2. The maximum absolute atomic E-state index is 12.1. The second-order valence-corrected chi connectivity index (χ2v) is 7.92. The molecule has 0 bridgehead atoms. The number of hydrogen-bond donors (Lipinski definition) is 2. The summed E-state index contributed by atoms with van der Waals surface area (Å²) in [6.45, 7) is 1.38. The zero-order chi connectivity index (χ0) is 20.1. The zero-order valence-corrected chi connectivity index (χ0v) is 16.7. The minimum Gasteiger partial charge on any atom is -0.456 e. The van der Waals surface area contributed by atoms with Crippen molar-refractivity contribution in [2.24, 2.45) is 0 Å². The number of carbonyl (C=O) groups excluding carboxylic acids is 3. The van der Waals surface area contributed by atoms with Crippen LogP contribution in [0.4, 0.5) is 5.69 Å². The third kappa shape index (κ3) is 5.05. The molecule has 2 aromatic carbocycles. The Kier molecular flexibility index (Phi) is 6.59. The van der Waals surface area contributed by atoms with Crippen LogP contribution >= 0.6 is 23.4 Å². The Bertz CT molecular complexity index is 905. The van der Waals surface area contributed by atoms with Gasteiger partial charge in [-0.3, -0.25) is 14.4 Å². The molecule has 0 radical (unpaired) electrons. The third-order valence-electron chi connectivity index (χ3n) is 4.17. The minimum atomic E-state index is -0.604. The van der Waals surface area contributed by atoms with Crippen molar-refractivity contribution in [3.8, 4) is 0 Å². The number of anilines is 1. The van der Waals surface area contributed by atoms with Crippen molar-refractivity contribution in [1.82, 2.24) is 5.32 Å². The average molecular weight is 419 g/mol. The summed E-state index contributed by atoms with van der Waals surface area (Å²) in [5.74, 6) is -1.29. The van der Waals surface area contributed by atoms with Gasteiger partial charge < -0.3 is 15.4 Å². The smallest absolute Gasteiger partial charge is 0.307 e. The number of thioether (sulfide) groups is 1. The molecule has 28 heavy (non-hydrogen) atoms. The lowest BCUT2D eigenvalue weighted by Gasteiger charge is -2.23. The molecule has 6 nitrogen and oxygen atoms in total. The molecule has 1 heterocycles. The highest BCUT2D eigenvalue weighted by Crippen LogP contribution is 2.36. The second-order valence-electron chi connectivity index (χ2n) is 6.27. The Labute approximate surface area is 172 Å². The van der Waals surface area contributed by atoms with E-state index in [-0.39, 0.29) is 18.4 Å². The van der Waals surface area contributed by atoms with Crippen LogP contribution in [0.2, 0.25) is 5.02 Å². The lowest BCUT2D eigenvalue weighted by molar-refractivity contribution is -0.149. The van der Waals surface area contributed by atoms with Crippen LogP contribution in [0, 0.1) is 0 Å². The van der Waals surface area contributed by atoms with Crippen LogP contribution in [-0.4, -0.2) is 29.6 Å². The van der Waals surface area contributed by atoms with Crippen LogP contribution in [0.3, 0.4) is 0 Å². The van der Waals surface area contributed by atoms with E-state index in [1.165, 1.54) is 11.8 Å². The minimum absolute atomic E-state index is 0.113. The average Bonchev–Trinajstić information content (AvgIpc) is 2.67. The van der Waals surface area contributed by atoms with Crippen LogP contribution in [-0.2, 0) is 19.1 Å². The Morgan fingerprint density at radius 1 is 1.21 bits per heavy atom. The van der Waals surface area contributed by atoms with Crippen molar-refractivity contribution in [2.45, 2.75) is 29.5 Å². The molecule has 2 N–H and O–H groups in total. The van der Waals surface area contributed by atoms with Gasteiger partial charge in [0.2, 0.25) is 5.91 Å². The van der Waals surface area contributed by atoms with Gasteiger partial charge in [-0.05, 0) is 30.7 Å². The summed E-state index contributed by atoms with van der Waals surface area (Å²) in [5, 5.41) is 5.46. The predicted octanol–water partition coefficient (Wildman–Crippen LogP) is 3.56. The summed E-state index contributed by atoms with van der Waals surface area (Å²) in [6, 6.07) is 14.2. The van der Waals surface area contributed by atoms with Crippen molar-refractivity contribution in [3.63, 3.8) is 0 Å². The lowest BCUT2D eigenvalue weighted by atomic mass is 10.1. The zero-order valence-electron chi connectivity index (χ0n) is 15.1. The fourth-order valence-electron chi connectivity index (χ4n) is 2.77. The molecule has 1 aliphatic heterocycles. The van der Waals surface area contributed by atoms with Crippen LogP contribution < -0.4 is 10.6 Å². The molecule has 1 aliphatic rings. The molecule has 0 unspecified atom stereocenters. The first-order valence-corrected chi connectivity index (χ1v) is 9.96. The van der Waals surface area contributed by atoms with Gasteiger partial charge in [-0.15, -0.1) is 11.8 Å². The maximum atomic E-state index is 12.1. The van der Waals surface area contributed by atoms with Gasteiger partial charge in [0.25, 0.3) is 5.91 Å². The van der Waals surface area contributed by atoms with Gasteiger partial charge in [0.1, 0.15) is 0 Å². The van der Waals surface area contributed by atoms with Gasteiger partial charge in [0.15, 0.2) is 6.61 Å². The summed E-state index contributed by atoms with van der Waals surface area (Å²) < 4.78 is 5.03. The largest absolute Gasteiger partial charge is 0.456 e. The van der Waals surface area contributed by atoms with Gasteiger partial charge in [-0.2, -0.15) is 0 Å². The van der Waals surface area contributed by atoms with Crippen LogP contribution in [0.5, 0.6) is 0 Å². The monoisotopic (exact) mass is 418 g/mol. The Morgan fingerprint density at radius 3 is 2.71 bits per heavy atom. The first kappa shape index (κ1) is 20.2. The molecule has 0 saturated carbocycles. The number of rotatable bonds is 6. The molecule has 0 aromatic heterocycles. The topological polar surface area (TPSA) is 84.5 Å². The van der Waals surface area contributed by atoms with Crippen LogP contribution in [0.25, 0.3) is 0 Å². The molecule has 3 rings (SSSR count). The molecule has 0 aliphatic carbocycles. The predicted molar refractivity (Wildman–Crippen MR) is 108 cm³/mol. The van der Waals surface area contributed by atoms with E-state index in [2.05, 4.69) is 10.6 Å². The molecular formula is C20H19ClN2O4S. The number of carbonyl (C=O) groups is 3. The lowest BCUT2D eigenvalue weighted by Crippen LogP contribution is -2.34. The number of hydrogen-bond acceptors (Lipinski definition) is 5. The highest BCUT2D eigenvalue weighted by atomic mass is 35.5. The summed E-state index contributed by atoms with van der Waals surface area (Å²) >= 11 is 7.42. The highest BCUT2D eigenvalue weighted by molar-refractivity contribution is 8.01. The fraction of sp³-hybridized carbons (Fsp3) is 0.250. The summed E-state index contributed by atoms with van der Waals surface area (Å²) in [5.41, 5.74) is 1.51. The van der Waals surface area contributed by atoms with E-state index in [4.69, 9.17) is 16.3 Å². The van der Waals surface area contributed by atoms with E-state index in [1.54, 1.807) is 25.1 Å².